The third kappa shape index (κ3) is 3.48. The lowest BCUT2D eigenvalue weighted by Crippen LogP contribution is -2.29. The van der Waals surface area contributed by atoms with Gasteiger partial charge in [-0.1, -0.05) is 13.8 Å². The van der Waals surface area contributed by atoms with Crippen LogP contribution in [0, 0.1) is 5.92 Å². The van der Waals surface area contributed by atoms with Crippen LogP contribution in [0.15, 0.2) is 18.3 Å². The Hall–Kier alpha value is -1.10. The first-order valence-corrected chi connectivity index (χ1v) is 5.08. The molecule has 1 unspecified atom stereocenters. The second-order valence-electron chi connectivity index (χ2n) is 4.15. The summed E-state index contributed by atoms with van der Waals surface area (Å²) in [6, 6.07) is 1.85. The highest BCUT2D eigenvalue weighted by molar-refractivity contribution is 5.20. The number of hydrogen-bond donors (Lipinski definition) is 1. The number of rotatable bonds is 3. The molecule has 0 saturated carbocycles. The summed E-state index contributed by atoms with van der Waals surface area (Å²) < 4.78 is 37.2. The van der Waals surface area contributed by atoms with Gasteiger partial charge in [0.05, 0.1) is 5.56 Å². The summed E-state index contributed by atoms with van der Waals surface area (Å²) in [5.41, 5.74) is 5.50. The average Bonchev–Trinajstić information content (AvgIpc) is 2.16. The van der Waals surface area contributed by atoms with E-state index < -0.39 is 11.7 Å². The number of nitrogens with two attached hydrogens (primary N) is 1. The van der Waals surface area contributed by atoms with Crippen LogP contribution in [0.5, 0.6) is 0 Å². The predicted octanol–water partition coefficient (Wildman–Crippen LogP) is 2.63. The maximum absolute atomic E-state index is 12.4. The zero-order chi connectivity index (χ0) is 12.3. The average molecular weight is 232 g/mol. The molecule has 0 aliphatic carbocycles. The molecule has 16 heavy (non-hydrogen) atoms. The third-order valence-electron chi connectivity index (χ3n) is 2.45. The minimum absolute atomic E-state index is 0.170. The van der Waals surface area contributed by atoms with E-state index in [0.29, 0.717) is 12.1 Å². The third-order valence-corrected chi connectivity index (χ3v) is 2.45. The van der Waals surface area contributed by atoms with Crippen molar-refractivity contribution in [2.24, 2.45) is 11.7 Å². The summed E-state index contributed by atoms with van der Waals surface area (Å²) in [5.74, 6) is 0.219. The number of halogens is 3. The summed E-state index contributed by atoms with van der Waals surface area (Å²) in [6.45, 7) is 3.86. The first kappa shape index (κ1) is 13.0. The second kappa shape index (κ2) is 4.82. The van der Waals surface area contributed by atoms with Gasteiger partial charge in [0.15, 0.2) is 0 Å². The Kier molecular flexibility index (Phi) is 3.91. The fraction of sp³-hybridized carbons (Fsp3) is 0.545. The molecule has 0 aliphatic rings. The van der Waals surface area contributed by atoms with Crippen LogP contribution in [0.3, 0.4) is 0 Å². The van der Waals surface area contributed by atoms with Crippen LogP contribution in [-0.4, -0.2) is 11.0 Å². The highest BCUT2D eigenvalue weighted by Gasteiger charge is 2.30. The molecule has 1 atom stereocenters. The van der Waals surface area contributed by atoms with Crippen molar-refractivity contribution in [2.75, 3.05) is 0 Å². The normalized spacial score (nSPS) is 14.2. The van der Waals surface area contributed by atoms with Gasteiger partial charge in [-0.15, -0.1) is 0 Å². The Morgan fingerprint density at radius 2 is 2.00 bits per heavy atom. The SMILES string of the molecule is CC(C)C(N)Cc1cc(C(F)(F)F)ccn1. The predicted molar refractivity (Wildman–Crippen MR) is 55.8 cm³/mol. The molecule has 1 aromatic rings. The molecular formula is C11H15F3N2. The van der Waals surface area contributed by atoms with Crippen LogP contribution in [-0.2, 0) is 12.6 Å². The van der Waals surface area contributed by atoms with Crippen LogP contribution in [0.2, 0.25) is 0 Å². The van der Waals surface area contributed by atoms with E-state index in [4.69, 9.17) is 5.73 Å². The van der Waals surface area contributed by atoms with Crippen molar-refractivity contribution >= 4 is 0 Å². The van der Waals surface area contributed by atoms with Gasteiger partial charge in [0.2, 0.25) is 0 Å². The monoisotopic (exact) mass is 232 g/mol. The van der Waals surface area contributed by atoms with Gasteiger partial charge in [0.25, 0.3) is 0 Å². The van der Waals surface area contributed by atoms with Crippen molar-refractivity contribution in [3.8, 4) is 0 Å². The van der Waals surface area contributed by atoms with Crippen LogP contribution in [0.1, 0.15) is 25.1 Å². The summed E-state index contributed by atoms with van der Waals surface area (Å²) in [6.07, 6.45) is -2.79. The number of pyridine rings is 1. The van der Waals surface area contributed by atoms with Gasteiger partial charge < -0.3 is 5.73 Å². The topological polar surface area (TPSA) is 38.9 Å². The molecule has 2 nitrogen and oxygen atoms in total. The highest BCUT2D eigenvalue weighted by Crippen LogP contribution is 2.29. The lowest BCUT2D eigenvalue weighted by molar-refractivity contribution is -0.137. The first-order valence-electron chi connectivity index (χ1n) is 5.08. The van der Waals surface area contributed by atoms with Gasteiger partial charge in [-0.2, -0.15) is 13.2 Å². The minimum atomic E-state index is -4.32. The maximum atomic E-state index is 12.4. The summed E-state index contributed by atoms with van der Waals surface area (Å²) in [5, 5.41) is 0. The summed E-state index contributed by atoms with van der Waals surface area (Å²) in [4.78, 5) is 3.90. The Morgan fingerprint density at radius 3 is 2.50 bits per heavy atom. The fourth-order valence-electron chi connectivity index (χ4n) is 1.24. The Morgan fingerprint density at radius 1 is 1.38 bits per heavy atom. The van der Waals surface area contributed by atoms with E-state index >= 15 is 0 Å². The molecule has 5 heteroatoms. The number of alkyl halides is 3. The molecule has 0 bridgehead atoms. The molecule has 0 radical (unpaired) electrons. The largest absolute Gasteiger partial charge is 0.416 e. The molecule has 0 aromatic carbocycles. The molecule has 1 heterocycles. The van der Waals surface area contributed by atoms with Gasteiger partial charge in [-0.3, -0.25) is 4.98 Å². The lowest BCUT2D eigenvalue weighted by atomic mass is 9.99. The van der Waals surface area contributed by atoms with Gasteiger partial charge in [-0.25, -0.2) is 0 Å². The Labute approximate surface area is 92.7 Å². The van der Waals surface area contributed by atoms with E-state index in [1.807, 2.05) is 13.8 Å². The molecule has 0 fully saturated rings. The van der Waals surface area contributed by atoms with E-state index in [2.05, 4.69) is 4.98 Å². The van der Waals surface area contributed by atoms with Crippen LogP contribution < -0.4 is 5.73 Å². The quantitative estimate of drug-likeness (QED) is 0.870. The van der Waals surface area contributed by atoms with E-state index in [0.717, 1.165) is 12.1 Å². The molecule has 2 N–H and O–H groups in total. The molecular weight excluding hydrogens is 217 g/mol. The van der Waals surface area contributed by atoms with E-state index in [1.165, 1.54) is 6.20 Å². The standard InChI is InChI=1S/C11H15F3N2/c1-7(2)10(15)6-9-5-8(3-4-16-9)11(12,13)14/h3-5,7,10H,6,15H2,1-2H3. The van der Waals surface area contributed by atoms with Crippen LogP contribution >= 0.6 is 0 Å². The lowest BCUT2D eigenvalue weighted by Gasteiger charge is -2.15. The molecule has 1 rings (SSSR count). The molecule has 0 saturated heterocycles. The maximum Gasteiger partial charge on any atom is 0.416 e. The smallest absolute Gasteiger partial charge is 0.327 e. The second-order valence-corrected chi connectivity index (χ2v) is 4.15. The van der Waals surface area contributed by atoms with Crippen LogP contribution in [0.25, 0.3) is 0 Å². The zero-order valence-corrected chi connectivity index (χ0v) is 9.25. The number of hydrogen-bond acceptors (Lipinski definition) is 2. The summed E-state index contributed by atoms with van der Waals surface area (Å²) in [7, 11) is 0. The molecule has 90 valence electrons. The fourth-order valence-corrected chi connectivity index (χ4v) is 1.24. The number of aromatic nitrogens is 1. The van der Waals surface area contributed by atoms with Gasteiger partial charge >= 0.3 is 6.18 Å². The van der Waals surface area contributed by atoms with Crippen molar-refractivity contribution in [1.29, 1.82) is 0 Å². The van der Waals surface area contributed by atoms with Crippen LogP contribution in [0.4, 0.5) is 13.2 Å². The van der Waals surface area contributed by atoms with Crippen molar-refractivity contribution in [2.45, 2.75) is 32.5 Å². The van der Waals surface area contributed by atoms with Crippen molar-refractivity contribution in [3.63, 3.8) is 0 Å². The molecule has 0 aliphatic heterocycles. The highest BCUT2D eigenvalue weighted by atomic mass is 19.4. The van der Waals surface area contributed by atoms with E-state index in [-0.39, 0.29) is 12.0 Å². The Bertz CT molecular complexity index is 347. The molecule has 1 aromatic heterocycles. The summed E-state index contributed by atoms with van der Waals surface area (Å²) >= 11 is 0. The minimum Gasteiger partial charge on any atom is -0.327 e. The van der Waals surface area contributed by atoms with Gasteiger partial charge in [0.1, 0.15) is 0 Å². The van der Waals surface area contributed by atoms with Crippen molar-refractivity contribution in [3.05, 3.63) is 29.6 Å². The molecule has 0 amide bonds. The van der Waals surface area contributed by atoms with Gasteiger partial charge in [-0.05, 0) is 18.1 Å². The Balaban J connectivity index is 2.83. The molecule has 0 spiro atoms. The number of nitrogens with zero attached hydrogens (tertiary/aromatic N) is 1. The zero-order valence-electron chi connectivity index (χ0n) is 9.25. The van der Waals surface area contributed by atoms with E-state index in [1.54, 1.807) is 0 Å². The van der Waals surface area contributed by atoms with E-state index in [9.17, 15) is 13.2 Å². The van der Waals surface area contributed by atoms with Crippen molar-refractivity contribution < 1.29 is 13.2 Å². The first-order chi connectivity index (χ1) is 7.30. The van der Waals surface area contributed by atoms with Crippen molar-refractivity contribution in [1.82, 2.24) is 4.98 Å². The van der Waals surface area contributed by atoms with Gasteiger partial charge in [0, 0.05) is 24.4 Å².